The summed E-state index contributed by atoms with van der Waals surface area (Å²) < 4.78 is 0. The Kier molecular flexibility index (Phi) is 20.9. The number of aliphatic imine (C=N–C) groups is 2. The molecule has 0 atom stereocenters. The van der Waals surface area contributed by atoms with E-state index in [0.29, 0.717) is 0 Å². The SMILES string of the molecule is C(=NCCCCCCCN=Cc1ccccc1)c1ccccc1.CI.CI. The van der Waals surface area contributed by atoms with Crippen molar-refractivity contribution >= 4 is 57.6 Å². The Labute approximate surface area is 193 Å². The second-order valence-corrected chi connectivity index (χ2v) is 5.66. The van der Waals surface area contributed by atoms with Crippen LogP contribution in [0.4, 0.5) is 0 Å². The molecule has 0 spiro atoms. The quantitative estimate of drug-likeness (QED) is 0.120. The van der Waals surface area contributed by atoms with Gasteiger partial charge in [-0.1, -0.05) is 125 Å². The molecular weight excluding hydrogens is 558 g/mol. The molecule has 2 aromatic carbocycles. The first-order valence-electron chi connectivity index (χ1n) is 9.30. The molecule has 0 fully saturated rings. The van der Waals surface area contributed by atoms with Gasteiger partial charge in [0.05, 0.1) is 0 Å². The Morgan fingerprint density at radius 1 is 0.556 bits per heavy atom. The lowest BCUT2D eigenvalue weighted by atomic mass is 10.1. The van der Waals surface area contributed by atoms with Gasteiger partial charge in [-0.3, -0.25) is 9.98 Å². The zero-order valence-corrected chi connectivity index (χ0v) is 20.8. The van der Waals surface area contributed by atoms with Gasteiger partial charge < -0.3 is 0 Å². The van der Waals surface area contributed by atoms with Crippen molar-refractivity contribution in [1.82, 2.24) is 0 Å². The van der Waals surface area contributed by atoms with E-state index in [2.05, 4.69) is 79.4 Å². The number of benzene rings is 2. The third-order valence-corrected chi connectivity index (χ3v) is 3.65. The molecule has 2 rings (SSSR count). The van der Waals surface area contributed by atoms with Gasteiger partial charge in [0, 0.05) is 25.5 Å². The highest BCUT2D eigenvalue weighted by Crippen LogP contribution is 2.04. The molecule has 0 saturated carbocycles. The number of unbranched alkanes of at least 4 members (excludes halogenated alkanes) is 4. The molecule has 0 amide bonds. The molecule has 0 aliphatic heterocycles. The first-order valence-corrected chi connectivity index (χ1v) is 13.6. The van der Waals surface area contributed by atoms with E-state index < -0.39 is 0 Å². The number of alkyl halides is 2. The topological polar surface area (TPSA) is 24.7 Å². The largest absolute Gasteiger partial charge is 0.293 e. The second kappa shape index (κ2) is 21.5. The van der Waals surface area contributed by atoms with Crippen molar-refractivity contribution in [2.45, 2.75) is 32.1 Å². The summed E-state index contributed by atoms with van der Waals surface area (Å²) in [5.41, 5.74) is 2.37. The van der Waals surface area contributed by atoms with Crippen molar-refractivity contribution in [2.24, 2.45) is 9.98 Å². The third kappa shape index (κ3) is 15.9. The van der Waals surface area contributed by atoms with E-state index in [4.69, 9.17) is 0 Å². The van der Waals surface area contributed by atoms with E-state index in [-0.39, 0.29) is 0 Å². The zero-order valence-electron chi connectivity index (χ0n) is 16.5. The highest BCUT2D eigenvalue weighted by molar-refractivity contribution is 14.1. The summed E-state index contributed by atoms with van der Waals surface area (Å²) in [6.07, 6.45) is 10.1. The lowest BCUT2D eigenvalue weighted by molar-refractivity contribution is 0.625. The molecule has 27 heavy (non-hydrogen) atoms. The van der Waals surface area contributed by atoms with E-state index in [1.165, 1.54) is 43.2 Å². The average Bonchev–Trinajstić information content (AvgIpc) is 2.76. The van der Waals surface area contributed by atoms with Crippen molar-refractivity contribution in [3.8, 4) is 0 Å². The van der Waals surface area contributed by atoms with E-state index in [0.717, 1.165) is 13.1 Å². The van der Waals surface area contributed by atoms with Crippen LogP contribution in [0.15, 0.2) is 70.6 Å². The molecule has 4 heteroatoms. The molecule has 0 N–H and O–H groups in total. The van der Waals surface area contributed by atoms with Crippen LogP contribution in [-0.2, 0) is 0 Å². The number of halogens is 2. The summed E-state index contributed by atoms with van der Waals surface area (Å²) in [5, 5.41) is 0. The average molecular weight is 590 g/mol. The van der Waals surface area contributed by atoms with Gasteiger partial charge in [-0.2, -0.15) is 0 Å². The van der Waals surface area contributed by atoms with Gasteiger partial charge in [0.15, 0.2) is 0 Å². The van der Waals surface area contributed by atoms with Gasteiger partial charge in [0.2, 0.25) is 0 Å². The Morgan fingerprint density at radius 3 is 1.26 bits per heavy atom. The van der Waals surface area contributed by atoms with Crippen molar-refractivity contribution in [3.05, 3.63) is 71.8 Å². The molecule has 0 aliphatic carbocycles. The fraction of sp³-hybridized carbons (Fsp3) is 0.391. The minimum Gasteiger partial charge on any atom is -0.293 e. The maximum atomic E-state index is 4.47. The summed E-state index contributed by atoms with van der Waals surface area (Å²) in [5.74, 6) is 0. The summed E-state index contributed by atoms with van der Waals surface area (Å²) in [6.45, 7) is 1.86. The van der Waals surface area contributed by atoms with Gasteiger partial charge in [0.25, 0.3) is 0 Å². The molecule has 0 saturated heterocycles. The van der Waals surface area contributed by atoms with Crippen LogP contribution in [0.3, 0.4) is 0 Å². The minimum absolute atomic E-state index is 0.932. The monoisotopic (exact) mass is 590 g/mol. The normalized spacial score (nSPS) is 10.2. The lowest BCUT2D eigenvalue weighted by Gasteiger charge is -1.98. The summed E-state index contributed by atoms with van der Waals surface area (Å²) in [7, 11) is 0. The van der Waals surface area contributed by atoms with Gasteiger partial charge >= 0.3 is 0 Å². The number of nitrogens with zero attached hydrogens (tertiary/aromatic N) is 2. The number of hydrogen-bond acceptors (Lipinski definition) is 2. The number of hydrogen-bond donors (Lipinski definition) is 0. The molecule has 0 unspecified atom stereocenters. The van der Waals surface area contributed by atoms with E-state index in [1.807, 2.05) is 58.7 Å². The van der Waals surface area contributed by atoms with Crippen LogP contribution in [0, 0.1) is 0 Å². The molecule has 0 aromatic heterocycles. The smallest absolute Gasteiger partial charge is 0.0389 e. The van der Waals surface area contributed by atoms with Crippen LogP contribution in [0.1, 0.15) is 43.2 Å². The van der Waals surface area contributed by atoms with Crippen LogP contribution in [0.25, 0.3) is 0 Å². The zero-order chi connectivity index (χ0) is 20.0. The summed E-state index contributed by atoms with van der Waals surface area (Å²) in [6, 6.07) is 20.6. The van der Waals surface area contributed by atoms with Crippen LogP contribution in [0.5, 0.6) is 0 Å². The highest BCUT2D eigenvalue weighted by Gasteiger charge is 1.90. The Balaban J connectivity index is 0.00000158. The summed E-state index contributed by atoms with van der Waals surface area (Å²) in [4.78, 5) is 12.9. The van der Waals surface area contributed by atoms with Crippen molar-refractivity contribution < 1.29 is 0 Å². The second-order valence-electron chi connectivity index (χ2n) is 5.66. The van der Waals surface area contributed by atoms with Crippen LogP contribution in [0.2, 0.25) is 0 Å². The molecular formula is C23H32I2N2. The first kappa shape index (κ1) is 26.2. The van der Waals surface area contributed by atoms with Crippen LogP contribution < -0.4 is 0 Å². The summed E-state index contributed by atoms with van der Waals surface area (Å²) >= 11 is 4.30. The first-order chi connectivity index (χ1) is 13.4. The third-order valence-electron chi connectivity index (χ3n) is 3.65. The Hall–Kier alpha value is -0.760. The fourth-order valence-electron chi connectivity index (χ4n) is 2.35. The molecule has 148 valence electrons. The van der Waals surface area contributed by atoms with Gasteiger partial charge in [-0.05, 0) is 33.8 Å². The van der Waals surface area contributed by atoms with E-state index in [9.17, 15) is 0 Å². The Morgan fingerprint density at radius 2 is 0.889 bits per heavy atom. The number of rotatable bonds is 10. The molecule has 2 aromatic rings. The molecule has 0 radical (unpaired) electrons. The molecule has 0 aliphatic rings. The highest BCUT2D eigenvalue weighted by atomic mass is 127. The predicted molar refractivity (Wildman–Crippen MR) is 141 cm³/mol. The van der Waals surface area contributed by atoms with Gasteiger partial charge in [-0.25, -0.2) is 0 Å². The molecule has 0 heterocycles. The van der Waals surface area contributed by atoms with Gasteiger partial charge in [-0.15, -0.1) is 0 Å². The fourth-order valence-corrected chi connectivity index (χ4v) is 2.35. The predicted octanol–water partition coefficient (Wildman–Crippen LogP) is 7.28. The van der Waals surface area contributed by atoms with Crippen LogP contribution >= 0.6 is 45.2 Å². The standard InChI is InChI=1S/C21H26N2.2CH3I/c1(2-10-16-22-18-20-12-6-4-7-13-20)3-11-17-23-19-21-14-8-5-9-15-21;2*1-2/h4-9,12-15,18-19H,1-3,10-11,16-17H2;2*1H3. The maximum absolute atomic E-state index is 4.47. The van der Waals surface area contributed by atoms with Crippen molar-refractivity contribution in [2.75, 3.05) is 23.0 Å². The lowest BCUT2D eigenvalue weighted by Crippen LogP contribution is -1.88. The molecule has 0 bridgehead atoms. The van der Waals surface area contributed by atoms with E-state index in [1.54, 1.807) is 0 Å². The minimum atomic E-state index is 0.932. The molecule has 2 nitrogen and oxygen atoms in total. The van der Waals surface area contributed by atoms with Crippen molar-refractivity contribution in [3.63, 3.8) is 0 Å². The Bertz CT molecular complexity index is 530. The van der Waals surface area contributed by atoms with Crippen molar-refractivity contribution in [1.29, 1.82) is 0 Å². The van der Waals surface area contributed by atoms with Crippen LogP contribution in [-0.4, -0.2) is 35.4 Å². The van der Waals surface area contributed by atoms with Gasteiger partial charge in [0.1, 0.15) is 0 Å². The maximum Gasteiger partial charge on any atom is 0.0389 e. The van der Waals surface area contributed by atoms with E-state index >= 15 is 0 Å².